The van der Waals surface area contributed by atoms with Crippen LogP contribution in [0.1, 0.15) is 360 Å². The van der Waals surface area contributed by atoms with Gasteiger partial charge >= 0.3 is 6.29 Å². The van der Waals surface area contributed by atoms with Crippen LogP contribution in [0.25, 0.3) is 0 Å². The zero-order valence-corrected chi connectivity index (χ0v) is 72.1. The molecule has 9 N–H and O–H groups in total. The minimum atomic E-state index is -2.27. The van der Waals surface area contributed by atoms with Crippen molar-refractivity contribution < 1.29 is 59.4 Å². The lowest BCUT2D eigenvalue weighted by molar-refractivity contribution is -1.42. The Bertz CT molecular complexity index is 2220. The molecule has 27 unspecified atom stereocenters. The molecule has 0 saturated heterocycles. The van der Waals surface area contributed by atoms with E-state index >= 15 is 46.0 Å². The molecule has 0 aromatic heterocycles. The number of hydrogen-bond donors (Lipinski definition) is 9. The van der Waals surface area contributed by atoms with Crippen LogP contribution in [0, 0.1) is 160 Å². The molecule has 0 aliphatic heterocycles. The molecular weight excluding hydrogens is 1280 g/mol. The van der Waals surface area contributed by atoms with E-state index in [0.29, 0.717) is 57.8 Å². The van der Waals surface area contributed by atoms with Crippen LogP contribution in [0.4, 0.5) is 0 Å². The number of nitrogens with zero attached hydrogens (tertiary/aromatic N) is 3. The third-order valence-corrected chi connectivity index (χ3v) is 33.7. The quantitative estimate of drug-likeness (QED) is 0.0399. The maximum Gasteiger partial charge on any atom is 0.364 e. The molecule has 9 fully saturated rings. The molecule has 9 saturated carbocycles. The normalized spacial score (nSPS) is 48.7. The Balaban J connectivity index is 1.98. The van der Waals surface area contributed by atoms with Crippen molar-refractivity contribution >= 4 is 0 Å². The van der Waals surface area contributed by atoms with Crippen molar-refractivity contribution in [3.05, 3.63) is 0 Å². The van der Waals surface area contributed by atoms with E-state index in [1.807, 2.05) is 0 Å². The van der Waals surface area contributed by atoms with Crippen molar-refractivity contribution in [2.45, 2.75) is 418 Å². The summed E-state index contributed by atoms with van der Waals surface area (Å²) in [5.74, 6) is -10.4. The minimum absolute atomic E-state index is 0.121. The van der Waals surface area contributed by atoms with Crippen LogP contribution in [-0.2, 0) is 0 Å². The Kier molecular flexibility index (Phi) is 25.9. The van der Waals surface area contributed by atoms with E-state index in [4.69, 9.17) is 0 Å². The molecule has 0 amide bonds. The van der Waals surface area contributed by atoms with E-state index < -0.39 is 125 Å². The van der Waals surface area contributed by atoms with E-state index in [2.05, 4.69) is 187 Å². The third kappa shape index (κ3) is 13.0. The van der Waals surface area contributed by atoms with Gasteiger partial charge in [-0.2, -0.15) is 0 Å². The standard InChI is InChI=1S/C91H172N3O9/c1-55(2)73-37-28-64(19)46-83(73,95)92(84(96)47-65(20)29-38-74(84)56(3)4,85(97)48-66(21)30-39-75(85)57(5)6)82(93(86(98)49-67(22)31-40-76(86)58(7)8,87(99)50-68(23)32-41-77(87)59(9)10)88(100)51-69(24)33-42-78(88)60(11)12)94(89(101)52-70(25)34-43-79(89)61(13)14,90(102)53-71(26)35-44-80(90)62(15)16)91(103)54-72(27)36-45-81(91)63(17)18/h55-82,95-103H,28-54H2,1-27H3/q+3. The second kappa shape index (κ2) is 30.8. The molecule has 0 bridgehead atoms. The van der Waals surface area contributed by atoms with Crippen LogP contribution in [-0.4, -0.2) is 117 Å². The van der Waals surface area contributed by atoms with Crippen molar-refractivity contribution in [2.24, 2.45) is 160 Å². The summed E-state index contributed by atoms with van der Waals surface area (Å²) < 4.78 is -2.72. The minimum Gasteiger partial charge on any atom is -0.342 e. The maximum atomic E-state index is 18.1. The molecule has 0 heterocycles. The van der Waals surface area contributed by atoms with Gasteiger partial charge in [-0.25, -0.2) is 0 Å². The summed E-state index contributed by atoms with van der Waals surface area (Å²) in [5.41, 5.74) is -20.4. The van der Waals surface area contributed by atoms with Gasteiger partial charge in [0, 0.05) is 111 Å². The molecule has 0 aromatic rings. The highest BCUT2D eigenvalue weighted by Crippen LogP contribution is 2.78. The van der Waals surface area contributed by atoms with Crippen LogP contribution in [0.5, 0.6) is 0 Å². The Morgan fingerprint density at radius 3 is 0.340 bits per heavy atom. The van der Waals surface area contributed by atoms with Gasteiger partial charge in [0.15, 0.2) is 0 Å². The molecule has 602 valence electrons. The zero-order chi connectivity index (χ0) is 77.3. The zero-order valence-electron chi connectivity index (χ0n) is 72.1. The molecule has 103 heavy (non-hydrogen) atoms. The fraction of sp³-hybridized carbons (Fsp3) is 1.00. The molecule has 0 spiro atoms. The summed E-state index contributed by atoms with van der Waals surface area (Å²) in [6, 6.07) is 0. The number of rotatable bonds is 21. The van der Waals surface area contributed by atoms with E-state index in [9.17, 15) is 0 Å². The predicted molar refractivity (Wildman–Crippen MR) is 421 cm³/mol. The van der Waals surface area contributed by atoms with E-state index in [0.717, 1.165) is 57.8 Å². The molecule has 0 aromatic carbocycles. The molecule has 12 heteroatoms. The Labute approximate surface area is 634 Å². The number of hydrogen-bond acceptors (Lipinski definition) is 9. The van der Waals surface area contributed by atoms with Crippen LogP contribution in [0.3, 0.4) is 0 Å². The van der Waals surface area contributed by atoms with Crippen LogP contribution < -0.4 is 0 Å². The molecule has 27 atom stereocenters. The fourth-order valence-corrected chi connectivity index (χ4v) is 30.2. The molecular formula is C91H172N3O9+3. The Hall–Kier alpha value is -0.480. The first-order valence-electron chi connectivity index (χ1n) is 44.7. The van der Waals surface area contributed by atoms with Gasteiger partial charge in [-0.1, -0.05) is 187 Å². The average molecular weight is 1450 g/mol. The van der Waals surface area contributed by atoms with Gasteiger partial charge in [-0.15, -0.1) is 13.4 Å². The first-order chi connectivity index (χ1) is 47.5. The van der Waals surface area contributed by atoms with E-state index in [-0.39, 0.29) is 164 Å². The van der Waals surface area contributed by atoms with E-state index in [1.54, 1.807) is 0 Å². The van der Waals surface area contributed by atoms with Crippen molar-refractivity contribution in [3.63, 3.8) is 0 Å². The van der Waals surface area contributed by atoms with Gasteiger partial charge in [-0.3, -0.25) is 0 Å². The van der Waals surface area contributed by atoms with Crippen molar-refractivity contribution in [1.82, 2.24) is 0 Å². The second-order valence-corrected chi connectivity index (χ2v) is 44.1. The van der Waals surface area contributed by atoms with Crippen molar-refractivity contribution in [2.75, 3.05) is 0 Å². The van der Waals surface area contributed by atoms with Gasteiger partial charge < -0.3 is 46.0 Å². The molecule has 9 rings (SSSR count). The van der Waals surface area contributed by atoms with Crippen LogP contribution >= 0.6 is 0 Å². The molecule has 9 aliphatic carbocycles. The second-order valence-electron chi connectivity index (χ2n) is 44.1. The maximum absolute atomic E-state index is 18.1. The molecule has 9 aliphatic rings. The van der Waals surface area contributed by atoms with Crippen molar-refractivity contribution in [1.29, 1.82) is 0 Å². The topological polar surface area (TPSA) is 182 Å². The van der Waals surface area contributed by atoms with Gasteiger partial charge in [0.2, 0.25) is 51.5 Å². The first kappa shape index (κ1) is 86.5. The Morgan fingerprint density at radius 2 is 0.262 bits per heavy atom. The van der Waals surface area contributed by atoms with Gasteiger partial charge in [0.25, 0.3) is 0 Å². The van der Waals surface area contributed by atoms with E-state index in [1.165, 1.54) is 0 Å². The summed E-state index contributed by atoms with van der Waals surface area (Å²) >= 11 is 0. The summed E-state index contributed by atoms with van der Waals surface area (Å²) in [7, 11) is 0. The number of quaternary nitrogens is 3. The highest BCUT2D eigenvalue weighted by atomic mass is 16.5. The monoisotopic (exact) mass is 1450 g/mol. The third-order valence-electron chi connectivity index (χ3n) is 33.7. The summed E-state index contributed by atoms with van der Waals surface area (Å²) in [5, 5.41) is 163. The fourth-order valence-electron chi connectivity index (χ4n) is 30.2. The van der Waals surface area contributed by atoms with Gasteiger partial charge in [0.1, 0.15) is 0 Å². The summed E-state index contributed by atoms with van der Waals surface area (Å²) in [6.45, 7) is 61.4. The average Bonchev–Trinajstić information content (AvgIpc) is 0.611. The Morgan fingerprint density at radius 1 is 0.175 bits per heavy atom. The lowest BCUT2D eigenvalue weighted by atomic mass is 9.54. The molecule has 12 nitrogen and oxygen atoms in total. The highest BCUT2D eigenvalue weighted by molar-refractivity contribution is 5.11. The largest absolute Gasteiger partial charge is 0.364 e. The van der Waals surface area contributed by atoms with Gasteiger partial charge in [-0.05, 0) is 222 Å². The summed E-state index contributed by atoms with van der Waals surface area (Å²) in [4.78, 5) is 0. The lowest BCUT2D eigenvalue weighted by Gasteiger charge is -2.84. The van der Waals surface area contributed by atoms with Crippen molar-refractivity contribution in [3.8, 4) is 0 Å². The van der Waals surface area contributed by atoms with Crippen LogP contribution in [0.2, 0.25) is 0 Å². The first-order valence-corrected chi connectivity index (χ1v) is 44.7. The smallest absolute Gasteiger partial charge is 0.342 e. The van der Waals surface area contributed by atoms with Crippen LogP contribution in [0.15, 0.2) is 0 Å². The summed E-state index contributed by atoms with van der Waals surface area (Å²) in [6.07, 6.45) is 10.9. The molecule has 0 radical (unpaired) electrons. The lowest BCUT2D eigenvalue weighted by Crippen LogP contribution is -3.10. The highest BCUT2D eigenvalue weighted by Gasteiger charge is 3.01. The predicted octanol–water partition coefficient (Wildman–Crippen LogP) is 19.7. The number of aliphatic hydroxyl groups is 9. The van der Waals surface area contributed by atoms with Gasteiger partial charge in [0.05, 0.1) is 0 Å². The SMILES string of the molecule is CC1CCC(C(C)C)C(O)([N+](C([N+](C2(O)CC(C)CCC2C(C)C)(C2(O)CC(C)CCC2C(C)C)C2(O)CC(C)CCC2C(C)C)[N+](C2(O)CC(C)CCC2C(C)C)(C2(O)CC(C)CCC2C(C)C)C2(O)CC(C)CCC2C(C)C)(C2(O)CC(C)CCC2C(C)C)C2(O)CC(C)CCC2C(C)C)C1.